The molecule has 106 valence electrons. The lowest BCUT2D eigenvalue weighted by molar-refractivity contribution is 0.0392. The number of aliphatic hydroxyl groups is 1. The van der Waals surface area contributed by atoms with Crippen molar-refractivity contribution >= 4 is 5.78 Å². The fourth-order valence-corrected chi connectivity index (χ4v) is 1.74. The predicted octanol–water partition coefficient (Wildman–Crippen LogP) is 3.20. The lowest BCUT2D eigenvalue weighted by Crippen LogP contribution is -2.16. The van der Waals surface area contributed by atoms with Crippen LogP contribution < -0.4 is 0 Å². The average molecular weight is 264 g/mol. The molecule has 1 aromatic carbocycles. The summed E-state index contributed by atoms with van der Waals surface area (Å²) in [5.41, 5.74) is 1.53. The molecule has 0 aliphatic heterocycles. The average Bonchev–Trinajstić information content (AvgIpc) is 2.44. The fourth-order valence-electron chi connectivity index (χ4n) is 1.74. The zero-order valence-electron chi connectivity index (χ0n) is 12.1. The zero-order valence-corrected chi connectivity index (χ0v) is 12.1. The lowest BCUT2D eigenvalue weighted by Gasteiger charge is -2.15. The Morgan fingerprint density at radius 3 is 2.42 bits per heavy atom. The summed E-state index contributed by atoms with van der Waals surface area (Å²) in [5, 5.41) is 8.96. The van der Waals surface area contributed by atoms with Gasteiger partial charge in [-0.1, -0.05) is 38.1 Å². The van der Waals surface area contributed by atoms with Crippen LogP contribution in [-0.4, -0.2) is 23.6 Å². The van der Waals surface area contributed by atoms with E-state index >= 15 is 0 Å². The SMILES string of the molecule is CCC(C)OCC(C)CC(=O)c1ccc(CO)cc1. The van der Waals surface area contributed by atoms with Crippen LogP contribution in [0.25, 0.3) is 0 Å². The molecule has 3 nitrogen and oxygen atoms in total. The van der Waals surface area contributed by atoms with E-state index in [1.54, 1.807) is 24.3 Å². The molecule has 0 aromatic heterocycles. The molecule has 0 spiro atoms. The number of benzene rings is 1. The quantitative estimate of drug-likeness (QED) is 0.733. The van der Waals surface area contributed by atoms with Gasteiger partial charge in [0, 0.05) is 18.6 Å². The molecular formula is C16H24O3. The number of aliphatic hydroxyl groups excluding tert-OH is 1. The number of hydrogen-bond donors (Lipinski definition) is 1. The van der Waals surface area contributed by atoms with Crippen LogP contribution in [0.1, 0.15) is 49.5 Å². The molecule has 0 bridgehead atoms. The number of carbonyl (C=O) groups is 1. The van der Waals surface area contributed by atoms with E-state index in [4.69, 9.17) is 9.84 Å². The standard InChI is InChI=1S/C16H24O3/c1-4-13(3)19-11-12(2)9-16(18)15-7-5-14(10-17)6-8-15/h5-8,12-13,17H,4,9-11H2,1-3H3. The van der Waals surface area contributed by atoms with Crippen LogP contribution in [0.2, 0.25) is 0 Å². The Hall–Kier alpha value is -1.19. The minimum Gasteiger partial charge on any atom is -0.392 e. The number of rotatable bonds is 8. The van der Waals surface area contributed by atoms with E-state index in [2.05, 4.69) is 6.92 Å². The van der Waals surface area contributed by atoms with Gasteiger partial charge in [0.15, 0.2) is 5.78 Å². The Morgan fingerprint density at radius 1 is 1.26 bits per heavy atom. The summed E-state index contributed by atoms with van der Waals surface area (Å²) in [5.74, 6) is 0.351. The molecule has 2 atom stereocenters. The molecule has 1 aromatic rings. The summed E-state index contributed by atoms with van der Waals surface area (Å²) >= 11 is 0. The van der Waals surface area contributed by atoms with E-state index in [0.29, 0.717) is 18.6 Å². The van der Waals surface area contributed by atoms with E-state index in [9.17, 15) is 4.79 Å². The Bertz CT molecular complexity index is 383. The Labute approximate surface area is 115 Å². The van der Waals surface area contributed by atoms with Gasteiger partial charge in [0.05, 0.1) is 12.7 Å². The highest BCUT2D eigenvalue weighted by Gasteiger charge is 2.12. The van der Waals surface area contributed by atoms with Gasteiger partial charge in [-0.2, -0.15) is 0 Å². The fraction of sp³-hybridized carbons (Fsp3) is 0.562. The highest BCUT2D eigenvalue weighted by molar-refractivity contribution is 5.96. The van der Waals surface area contributed by atoms with E-state index in [1.165, 1.54) is 0 Å². The van der Waals surface area contributed by atoms with Gasteiger partial charge in [-0.05, 0) is 24.8 Å². The van der Waals surface area contributed by atoms with E-state index in [0.717, 1.165) is 12.0 Å². The Morgan fingerprint density at radius 2 is 1.89 bits per heavy atom. The predicted molar refractivity (Wildman–Crippen MR) is 76.2 cm³/mol. The number of ether oxygens (including phenoxy) is 1. The van der Waals surface area contributed by atoms with Gasteiger partial charge in [-0.3, -0.25) is 4.79 Å². The van der Waals surface area contributed by atoms with Gasteiger partial charge >= 0.3 is 0 Å². The van der Waals surface area contributed by atoms with Crippen molar-refractivity contribution in [3.63, 3.8) is 0 Å². The van der Waals surface area contributed by atoms with Crippen LogP contribution in [0.15, 0.2) is 24.3 Å². The van der Waals surface area contributed by atoms with Gasteiger partial charge in [-0.25, -0.2) is 0 Å². The minimum atomic E-state index is 0.00756. The largest absolute Gasteiger partial charge is 0.392 e. The molecule has 0 aliphatic rings. The second-order valence-electron chi connectivity index (χ2n) is 5.14. The van der Waals surface area contributed by atoms with Crippen LogP contribution in [0, 0.1) is 5.92 Å². The van der Waals surface area contributed by atoms with Crippen molar-refractivity contribution in [2.45, 2.75) is 46.3 Å². The molecule has 1 rings (SSSR count). The van der Waals surface area contributed by atoms with Crippen molar-refractivity contribution in [1.29, 1.82) is 0 Å². The molecule has 3 heteroatoms. The van der Waals surface area contributed by atoms with Crippen LogP contribution in [0.3, 0.4) is 0 Å². The van der Waals surface area contributed by atoms with Gasteiger partial charge in [0.25, 0.3) is 0 Å². The van der Waals surface area contributed by atoms with Crippen LogP contribution >= 0.6 is 0 Å². The molecule has 19 heavy (non-hydrogen) atoms. The molecule has 0 amide bonds. The van der Waals surface area contributed by atoms with Crippen molar-refractivity contribution in [2.24, 2.45) is 5.92 Å². The third kappa shape index (κ3) is 5.53. The van der Waals surface area contributed by atoms with E-state index in [-0.39, 0.29) is 24.4 Å². The first-order valence-electron chi connectivity index (χ1n) is 6.91. The van der Waals surface area contributed by atoms with Crippen molar-refractivity contribution in [3.8, 4) is 0 Å². The Balaban J connectivity index is 2.44. The van der Waals surface area contributed by atoms with Crippen molar-refractivity contribution in [1.82, 2.24) is 0 Å². The molecule has 0 saturated carbocycles. The summed E-state index contributed by atoms with van der Waals surface area (Å²) < 4.78 is 5.64. The molecule has 0 radical (unpaired) electrons. The van der Waals surface area contributed by atoms with Crippen LogP contribution in [0.4, 0.5) is 0 Å². The highest BCUT2D eigenvalue weighted by Crippen LogP contribution is 2.13. The molecule has 0 heterocycles. The first-order chi connectivity index (χ1) is 9.06. The highest BCUT2D eigenvalue weighted by atomic mass is 16.5. The summed E-state index contributed by atoms with van der Waals surface area (Å²) in [4.78, 5) is 12.1. The lowest BCUT2D eigenvalue weighted by atomic mass is 9.99. The van der Waals surface area contributed by atoms with Gasteiger partial charge in [-0.15, -0.1) is 0 Å². The van der Waals surface area contributed by atoms with Crippen molar-refractivity contribution in [2.75, 3.05) is 6.61 Å². The summed E-state index contributed by atoms with van der Waals surface area (Å²) in [6, 6.07) is 7.12. The van der Waals surface area contributed by atoms with Crippen LogP contribution in [-0.2, 0) is 11.3 Å². The van der Waals surface area contributed by atoms with Gasteiger partial charge < -0.3 is 9.84 Å². The molecule has 2 unspecified atom stereocenters. The number of hydrogen-bond acceptors (Lipinski definition) is 3. The van der Waals surface area contributed by atoms with Gasteiger partial charge in [0.1, 0.15) is 0 Å². The maximum Gasteiger partial charge on any atom is 0.163 e. The third-order valence-corrected chi connectivity index (χ3v) is 3.23. The molecular weight excluding hydrogens is 240 g/mol. The maximum absolute atomic E-state index is 12.1. The first kappa shape index (κ1) is 15.9. The van der Waals surface area contributed by atoms with Crippen molar-refractivity contribution < 1.29 is 14.6 Å². The topological polar surface area (TPSA) is 46.5 Å². The number of ketones is 1. The van der Waals surface area contributed by atoms with Gasteiger partial charge in [0.2, 0.25) is 0 Å². The second kappa shape index (κ2) is 8.08. The zero-order chi connectivity index (χ0) is 14.3. The molecule has 0 fully saturated rings. The second-order valence-corrected chi connectivity index (χ2v) is 5.14. The maximum atomic E-state index is 12.1. The third-order valence-electron chi connectivity index (χ3n) is 3.23. The first-order valence-corrected chi connectivity index (χ1v) is 6.91. The van der Waals surface area contributed by atoms with Crippen LogP contribution in [0.5, 0.6) is 0 Å². The minimum absolute atomic E-state index is 0.00756. The summed E-state index contributed by atoms with van der Waals surface area (Å²) in [7, 11) is 0. The summed E-state index contributed by atoms with van der Waals surface area (Å²) in [6.45, 7) is 6.79. The number of carbonyl (C=O) groups excluding carboxylic acids is 1. The van der Waals surface area contributed by atoms with E-state index in [1.807, 2.05) is 13.8 Å². The monoisotopic (exact) mass is 264 g/mol. The molecule has 0 saturated heterocycles. The molecule has 0 aliphatic carbocycles. The smallest absolute Gasteiger partial charge is 0.163 e. The van der Waals surface area contributed by atoms with E-state index < -0.39 is 0 Å². The van der Waals surface area contributed by atoms with Crippen molar-refractivity contribution in [3.05, 3.63) is 35.4 Å². The number of Topliss-reactive ketones (excluding diaryl/α,β-unsaturated/α-hetero) is 1. The molecule has 1 N–H and O–H groups in total. The normalized spacial score (nSPS) is 14.1. The summed E-state index contributed by atoms with van der Waals surface area (Å²) in [6.07, 6.45) is 1.74. The Kier molecular flexibility index (Phi) is 6.74.